The van der Waals surface area contributed by atoms with E-state index in [2.05, 4.69) is 5.32 Å². The summed E-state index contributed by atoms with van der Waals surface area (Å²) in [5.74, 6) is 1.10. The number of hydrogen-bond acceptors (Lipinski definition) is 4. The van der Waals surface area contributed by atoms with Crippen LogP contribution >= 0.6 is 0 Å². The van der Waals surface area contributed by atoms with Gasteiger partial charge in [-0.3, -0.25) is 4.79 Å². The highest BCUT2D eigenvalue weighted by molar-refractivity contribution is 6.01. The lowest BCUT2D eigenvalue weighted by Gasteiger charge is -2.08. The van der Waals surface area contributed by atoms with Gasteiger partial charge < -0.3 is 14.8 Å². The van der Waals surface area contributed by atoms with E-state index in [-0.39, 0.29) is 5.57 Å². The van der Waals surface area contributed by atoms with Gasteiger partial charge in [0.1, 0.15) is 36.4 Å². The zero-order chi connectivity index (χ0) is 17.2. The lowest BCUT2D eigenvalue weighted by molar-refractivity contribution is -0.116. The van der Waals surface area contributed by atoms with Gasteiger partial charge in [0.25, 0.3) is 5.91 Å². The topological polar surface area (TPSA) is 71.4 Å². The molecule has 1 N–H and O–H groups in total. The Morgan fingerprint density at radius 3 is 2.17 bits per heavy atom. The normalized spacial score (nSPS) is 10.6. The second-order valence-electron chi connectivity index (χ2n) is 4.83. The number of rotatable bonds is 7. The molecule has 5 nitrogen and oxygen atoms in total. The van der Waals surface area contributed by atoms with Gasteiger partial charge in [-0.05, 0) is 35.9 Å². The molecule has 2 aromatic carbocycles. The smallest absolute Gasteiger partial charge is 0.261 e. The molecule has 0 aromatic heterocycles. The Morgan fingerprint density at radius 1 is 1.04 bits per heavy atom. The predicted octanol–water partition coefficient (Wildman–Crippen LogP) is 2.80. The largest absolute Gasteiger partial charge is 0.490 e. The summed E-state index contributed by atoms with van der Waals surface area (Å²) in [6.07, 6.45) is 1.53. The third-order valence-corrected chi connectivity index (χ3v) is 3.15. The van der Waals surface area contributed by atoms with E-state index in [4.69, 9.17) is 14.7 Å². The first-order chi connectivity index (χ1) is 11.7. The fourth-order valence-electron chi connectivity index (χ4n) is 1.95. The van der Waals surface area contributed by atoms with Crippen LogP contribution in [0.2, 0.25) is 0 Å². The van der Waals surface area contributed by atoms with Gasteiger partial charge in [0.15, 0.2) is 0 Å². The molecule has 24 heavy (non-hydrogen) atoms. The third kappa shape index (κ3) is 5.18. The van der Waals surface area contributed by atoms with Gasteiger partial charge in [-0.15, -0.1) is 0 Å². The quantitative estimate of drug-likeness (QED) is 0.483. The van der Waals surface area contributed by atoms with E-state index in [9.17, 15) is 4.79 Å². The van der Waals surface area contributed by atoms with Crippen molar-refractivity contribution in [2.75, 3.05) is 20.3 Å². The molecule has 0 aliphatic carbocycles. The molecule has 0 saturated heterocycles. The average Bonchev–Trinajstić information content (AvgIpc) is 2.64. The number of hydrogen-bond donors (Lipinski definition) is 1. The maximum Gasteiger partial charge on any atom is 0.261 e. The molecule has 0 radical (unpaired) electrons. The van der Waals surface area contributed by atoms with Crippen molar-refractivity contribution in [3.63, 3.8) is 0 Å². The van der Waals surface area contributed by atoms with Crippen LogP contribution < -0.4 is 14.8 Å². The second-order valence-corrected chi connectivity index (χ2v) is 4.83. The van der Waals surface area contributed by atoms with E-state index >= 15 is 0 Å². The van der Waals surface area contributed by atoms with Crippen molar-refractivity contribution >= 4 is 12.0 Å². The van der Waals surface area contributed by atoms with Crippen LogP contribution in [0.4, 0.5) is 0 Å². The number of para-hydroxylation sites is 1. The molecule has 0 saturated carbocycles. The minimum atomic E-state index is -0.407. The number of benzene rings is 2. The van der Waals surface area contributed by atoms with Crippen LogP contribution in [0, 0.1) is 11.3 Å². The van der Waals surface area contributed by atoms with Crippen LogP contribution in [0.1, 0.15) is 5.56 Å². The van der Waals surface area contributed by atoms with E-state index < -0.39 is 5.91 Å². The Balaban J connectivity index is 1.85. The van der Waals surface area contributed by atoms with Crippen molar-refractivity contribution in [2.45, 2.75) is 0 Å². The molecular formula is C19H18N2O3. The Kier molecular flexibility index (Phi) is 6.42. The first-order valence-electron chi connectivity index (χ1n) is 7.47. The molecule has 0 unspecified atom stereocenters. The maximum absolute atomic E-state index is 11.5. The average molecular weight is 322 g/mol. The molecule has 0 heterocycles. The van der Waals surface area contributed by atoms with E-state index in [1.165, 1.54) is 13.1 Å². The highest BCUT2D eigenvalue weighted by Gasteiger charge is 2.05. The van der Waals surface area contributed by atoms with E-state index in [1.54, 1.807) is 24.3 Å². The molecule has 1 amide bonds. The zero-order valence-corrected chi connectivity index (χ0v) is 13.4. The van der Waals surface area contributed by atoms with Crippen LogP contribution in [0.5, 0.6) is 11.5 Å². The summed E-state index contributed by atoms with van der Waals surface area (Å²) < 4.78 is 11.1. The van der Waals surface area contributed by atoms with Gasteiger partial charge in [0, 0.05) is 7.05 Å². The number of ether oxygens (including phenoxy) is 2. The SMILES string of the molecule is CNC(=O)/C(C#N)=C/c1ccc(OCCOc2ccccc2)cc1. The number of amides is 1. The highest BCUT2D eigenvalue weighted by Crippen LogP contribution is 2.15. The van der Waals surface area contributed by atoms with Gasteiger partial charge in [-0.1, -0.05) is 30.3 Å². The first kappa shape index (κ1) is 17.1. The number of likely N-dealkylation sites (N-methyl/N-ethyl adjacent to an activating group) is 1. The Bertz CT molecular complexity index is 731. The fraction of sp³-hybridized carbons (Fsp3) is 0.158. The van der Waals surface area contributed by atoms with E-state index in [0.29, 0.717) is 19.0 Å². The van der Waals surface area contributed by atoms with Gasteiger partial charge >= 0.3 is 0 Å². The van der Waals surface area contributed by atoms with Crippen molar-refractivity contribution in [3.8, 4) is 17.6 Å². The minimum Gasteiger partial charge on any atom is -0.490 e. The van der Waals surface area contributed by atoms with Crippen molar-refractivity contribution < 1.29 is 14.3 Å². The zero-order valence-electron chi connectivity index (χ0n) is 13.4. The monoisotopic (exact) mass is 322 g/mol. The molecule has 122 valence electrons. The lowest BCUT2D eigenvalue weighted by atomic mass is 10.1. The molecule has 0 spiro atoms. The van der Waals surface area contributed by atoms with Gasteiger partial charge in [-0.2, -0.15) is 5.26 Å². The molecule has 2 rings (SSSR count). The van der Waals surface area contributed by atoms with Crippen LogP contribution in [0.25, 0.3) is 6.08 Å². The second kappa shape index (κ2) is 9.01. The maximum atomic E-state index is 11.5. The standard InChI is InChI=1S/C19H18N2O3/c1-21-19(22)16(14-20)13-15-7-9-18(10-8-15)24-12-11-23-17-5-3-2-4-6-17/h2-10,13H,11-12H2,1H3,(H,21,22)/b16-13+. The van der Waals surface area contributed by atoms with Crippen LogP contribution in [-0.4, -0.2) is 26.2 Å². The van der Waals surface area contributed by atoms with Crippen molar-refractivity contribution in [1.29, 1.82) is 5.26 Å². The minimum absolute atomic E-state index is 0.0578. The summed E-state index contributed by atoms with van der Waals surface area (Å²) in [6.45, 7) is 0.868. The molecule has 5 heteroatoms. The molecular weight excluding hydrogens is 304 g/mol. The van der Waals surface area contributed by atoms with Crippen LogP contribution in [-0.2, 0) is 4.79 Å². The molecule has 0 bridgehead atoms. The lowest BCUT2D eigenvalue weighted by Crippen LogP contribution is -2.19. The molecule has 0 fully saturated rings. The first-order valence-corrected chi connectivity index (χ1v) is 7.47. The van der Waals surface area contributed by atoms with Crippen molar-refractivity contribution in [1.82, 2.24) is 5.32 Å². The third-order valence-electron chi connectivity index (χ3n) is 3.15. The summed E-state index contributed by atoms with van der Waals surface area (Å²) in [6, 6.07) is 18.6. The van der Waals surface area contributed by atoms with Crippen LogP contribution in [0.15, 0.2) is 60.2 Å². The summed E-state index contributed by atoms with van der Waals surface area (Å²) in [4.78, 5) is 11.5. The van der Waals surface area contributed by atoms with E-state index in [1.807, 2.05) is 36.4 Å². The molecule has 0 atom stereocenters. The summed E-state index contributed by atoms with van der Waals surface area (Å²) in [5.41, 5.74) is 0.811. The van der Waals surface area contributed by atoms with E-state index in [0.717, 1.165) is 11.3 Å². The van der Waals surface area contributed by atoms with Gasteiger partial charge in [-0.25, -0.2) is 0 Å². The number of carbonyl (C=O) groups excluding carboxylic acids is 1. The summed E-state index contributed by atoms with van der Waals surface area (Å²) in [5, 5.41) is 11.4. The summed E-state index contributed by atoms with van der Waals surface area (Å²) in [7, 11) is 1.49. The predicted molar refractivity (Wildman–Crippen MR) is 91.5 cm³/mol. The molecule has 0 aliphatic heterocycles. The van der Waals surface area contributed by atoms with Crippen molar-refractivity contribution in [2.24, 2.45) is 0 Å². The number of nitriles is 1. The van der Waals surface area contributed by atoms with Crippen LogP contribution in [0.3, 0.4) is 0 Å². The van der Waals surface area contributed by atoms with Gasteiger partial charge in [0.05, 0.1) is 0 Å². The van der Waals surface area contributed by atoms with Gasteiger partial charge in [0.2, 0.25) is 0 Å². The number of nitrogens with one attached hydrogen (secondary N) is 1. The molecule has 0 aliphatic rings. The Morgan fingerprint density at radius 2 is 1.62 bits per heavy atom. The number of carbonyl (C=O) groups is 1. The highest BCUT2D eigenvalue weighted by atomic mass is 16.5. The Hall–Kier alpha value is -3.26. The fourth-order valence-corrected chi connectivity index (χ4v) is 1.95. The molecule has 2 aromatic rings. The Labute approximate surface area is 141 Å². The number of nitrogens with zero attached hydrogens (tertiary/aromatic N) is 1. The summed E-state index contributed by atoms with van der Waals surface area (Å²) >= 11 is 0. The van der Waals surface area contributed by atoms with Crippen molar-refractivity contribution in [3.05, 3.63) is 65.7 Å².